The summed E-state index contributed by atoms with van der Waals surface area (Å²) in [5.41, 5.74) is 2.32. The Morgan fingerprint density at radius 3 is 2.68 bits per heavy atom. The quantitative estimate of drug-likeness (QED) is 0.676. The number of carbonyl (C=O) groups excluding carboxylic acids is 1. The monoisotopic (exact) mass is 385 g/mol. The Labute approximate surface area is 157 Å². The number of hydrogen-bond acceptors (Lipinski definition) is 3. The molecule has 3 aromatic rings. The number of urea groups is 1. The number of amides is 2. The molecule has 0 radical (unpaired) electrons. The van der Waals surface area contributed by atoms with Gasteiger partial charge in [0.1, 0.15) is 11.3 Å². The van der Waals surface area contributed by atoms with Crippen molar-refractivity contribution >= 4 is 28.3 Å². The predicted octanol–water partition coefficient (Wildman–Crippen LogP) is 5.00. The first-order valence-corrected chi connectivity index (χ1v) is 8.36. The third-order valence-electron chi connectivity index (χ3n) is 4.43. The van der Waals surface area contributed by atoms with Crippen molar-refractivity contribution in [1.29, 1.82) is 0 Å². The lowest BCUT2D eigenvalue weighted by Gasteiger charge is -2.24. The van der Waals surface area contributed by atoms with Gasteiger partial charge in [0.05, 0.1) is 18.9 Å². The lowest BCUT2D eigenvalue weighted by molar-refractivity contribution is 0.232. The molecule has 0 saturated heterocycles. The number of hydrogen-bond donors (Lipinski definition) is 1. The van der Waals surface area contributed by atoms with Gasteiger partial charge in [0.15, 0.2) is 11.6 Å². The molecule has 2 aromatic heterocycles. The molecule has 0 aliphatic carbocycles. The van der Waals surface area contributed by atoms with Crippen LogP contribution in [-0.2, 0) is 0 Å². The van der Waals surface area contributed by atoms with Crippen LogP contribution in [0.2, 0.25) is 0 Å². The topological polar surface area (TPSA) is 58.4 Å². The van der Waals surface area contributed by atoms with Gasteiger partial charge in [0.2, 0.25) is 0 Å². The maximum atomic E-state index is 13.7. The number of anilines is 1. The Morgan fingerprint density at radius 2 is 1.93 bits per heavy atom. The van der Waals surface area contributed by atoms with E-state index in [9.17, 15) is 18.0 Å². The van der Waals surface area contributed by atoms with Gasteiger partial charge in [-0.3, -0.25) is 9.88 Å². The first kappa shape index (κ1) is 17.8. The maximum absolute atomic E-state index is 13.7. The van der Waals surface area contributed by atoms with Crippen molar-refractivity contribution in [2.45, 2.75) is 6.92 Å². The highest BCUT2D eigenvalue weighted by Crippen LogP contribution is 2.29. The number of nitrogens with one attached hydrogen (secondary N) is 1. The van der Waals surface area contributed by atoms with Crippen molar-refractivity contribution in [3.05, 3.63) is 77.7 Å². The minimum Gasteiger partial charge on any atom is -0.431 e. The second-order valence-corrected chi connectivity index (χ2v) is 6.33. The highest BCUT2D eigenvalue weighted by atomic mass is 19.1. The third kappa shape index (κ3) is 3.24. The Morgan fingerprint density at radius 1 is 1.18 bits per heavy atom. The Kier molecular flexibility index (Phi) is 4.38. The Balaban J connectivity index is 1.58. The van der Waals surface area contributed by atoms with Gasteiger partial charge in [-0.15, -0.1) is 0 Å². The van der Waals surface area contributed by atoms with Gasteiger partial charge in [0.25, 0.3) is 6.01 Å². The molecular formula is C20H14F3N3O2. The van der Waals surface area contributed by atoms with E-state index in [2.05, 4.69) is 10.3 Å². The SMILES string of the molecule is Cc1cc2oc(F)cc2cc1C1=CC=CN(C(=O)Nc2c(F)cncc2F)C1. The zero-order chi connectivity index (χ0) is 19.8. The lowest BCUT2D eigenvalue weighted by Crippen LogP contribution is -2.33. The molecule has 28 heavy (non-hydrogen) atoms. The molecule has 3 heterocycles. The average Bonchev–Trinajstić information content (AvgIpc) is 3.03. The molecule has 1 aromatic carbocycles. The van der Waals surface area contributed by atoms with E-state index in [0.29, 0.717) is 11.0 Å². The number of rotatable bonds is 2. The lowest BCUT2D eigenvalue weighted by atomic mass is 9.97. The van der Waals surface area contributed by atoms with Crippen molar-refractivity contribution in [3.8, 4) is 0 Å². The molecule has 0 unspecified atom stereocenters. The zero-order valence-electron chi connectivity index (χ0n) is 14.7. The number of aromatic nitrogens is 1. The second kappa shape index (κ2) is 6.88. The summed E-state index contributed by atoms with van der Waals surface area (Å²) in [7, 11) is 0. The molecule has 0 spiro atoms. The van der Waals surface area contributed by atoms with E-state index in [0.717, 1.165) is 29.1 Å². The van der Waals surface area contributed by atoms with Gasteiger partial charge in [-0.2, -0.15) is 4.39 Å². The van der Waals surface area contributed by atoms with Gasteiger partial charge < -0.3 is 9.73 Å². The minimum absolute atomic E-state index is 0.170. The molecule has 1 aliphatic rings. The van der Waals surface area contributed by atoms with Crippen molar-refractivity contribution in [3.63, 3.8) is 0 Å². The van der Waals surface area contributed by atoms with Crippen molar-refractivity contribution in [2.24, 2.45) is 0 Å². The number of furan rings is 1. The molecular weight excluding hydrogens is 371 g/mol. The molecule has 1 aliphatic heterocycles. The van der Waals surface area contributed by atoms with Crippen LogP contribution >= 0.6 is 0 Å². The third-order valence-corrected chi connectivity index (χ3v) is 4.43. The van der Waals surface area contributed by atoms with E-state index in [1.807, 2.05) is 13.0 Å². The zero-order valence-corrected chi connectivity index (χ0v) is 14.7. The summed E-state index contributed by atoms with van der Waals surface area (Å²) in [5.74, 6) is -1.93. The molecule has 4 rings (SSSR count). The summed E-state index contributed by atoms with van der Waals surface area (Å²) in [5, 5.41) is 2.82. The number of nitrogens with zero attached hydrogens (tertiary/aromatic N) is 2. The number of carbonyl (C=O) groups is 1. The van der Waals surface area contributed by atoms with Gasteiger partial charge >= 0.3 is 6.03 Å². The Hall–Kier alpha value is -3.55. The van der Waals surface area contributed by atoms with Crippen LogP contribution in [0.5, 0.6) is 0 Å². The first-order chi connectivity index (χ1) is 13.4. The largest absolute Gasteiger partial charge is 0.431 e. The van der Waals surface area contributed by atoms with Crippen molar-refractivity contribution < 1.29 is 22.4 Å². The fourth-order valence-electron chi connectivity index (χ4n) is 3.08. The van der Waals surface area contributed by atoms with Gasteiger partial charge in [-0.05, 0) is 41.8 Å². The second-order valence-electron chi connectivity index (χ2n) is 6.33. The molecule has 5 nitrogen and oxygen atoms in total. The number of benzene rings is 1. The summed E-state index contributed by atoms with van der Waals surface area (Å²) >= 11 is 0. The highest BCUT2D eigenvalue weighted by molar-refractivity contribution is 5.93. The summed E-state index contributed by atoms with van der Waals surface area (Å²) in [6.45, 7) is 2.02. The number of aryl methyl sites for hydroxylation is 1. The summed E-state index contributed by atoms with van der Waals surface area (Å²) < 4.78 is 45.8. The van der Waals surface area contributed by atoms with Crippen LogP contribution in [0.1, 0.15) is 11.1 Å². The normalized spacial score (nSPS) is 13.7. The van der Waals surface area contributed by atoms with Crippen LogP contribution < -0.4 is 5.32 Å². The Bertz CT molecular complexity index is 1130. The first-order valence-electron chi connectivity index (χ1n) is 8.36. The molecule has 8 heteroatoms. The molecule has 0 saturated carbocycles. The van der Waals surface area contributed by atoms with E-state index >= 15 is 0 Å². The van der Waals surface area contributed by atoms with Gasteiger partial charge in [-0.25, -0.2) is 13.6 Å². The summed E-state index contributed by atoms with van der Waals surface area (Å²) in [6.07, 6.45) is 6.61. The molecule has 142 valence electrons. The van der Waals surface area contributed by atoms with Crippen LogP contribution in [0.25, 0.3) is 16.5 Å². The van der Waals surface area contributed by atoms with Crippen LogP contribution in [-0.4, -0.2) is 22.5 Å². The fourth-order valence-corrected chi connectivity index (χ4v) is 3.08. The van der Waals surface area contributed by atoms with Crippen LogP contribution in [0.15, 0.2) is 53.4 Å². The smallest absolute Gasteiger partial charge is 0.326 e. The van der Waals surface area contributed by atoms with E-state index in [-0.39, 0.29) is 6.54 Å². The van der Waals surface area contributed by atoms with Crippen molar-refractivity contribution in [1.82, 2.24) is 9.88 Å². The van der Waals surface area contributed by atoms with Crippen molar-refractivity contribution in [2.75, 3.05) is 11.9 Å². The van der Waals surface area contributed by atoms with Crippen LogP contribution in [0, 0.1) is 24.6 Å². The predicted molar refractivity (Wildman–Crippen MR) is 97.9 cm³/mol. The van der Waals surface area contributed by atoms with E-state index in [4.69, 9.17) is 4.42 Å². The number of pyridine rings is 1. The van der Waals surface area contributed by atoms with E-state index in [1.54, 1.807) is 18.2 Å². The number of fused-ring (bicyclic) bond motifs is 1. The molecule has 0 atom stereocenters. The van der Waals surface area contributed by atoms with Gasteiger partial charge in [0, 0.05) is 17.7 Å². The maximum Gasteiger partial charge on any atom is 0.326 e. The molecule has 2 amide bonds. The fraction of sp³-hybridized carbons (Fsp3) is 0.100. The van der Waals surface area contributed by atoms with Gasteiger partial charge in [-0.1, -0.05) is 6.08 Å². The van der Waals surface area contributed by atoms with E-state index in [1.165, 1.54) is 17.2 Å². The number of halogens is 3. The molecule has 1 N–H and O–H groups in total. The average molecular weight is 385 g/mol. The standard InChI is InChI=1S/C20H14F3N3O2/c1-11-5-17-13(7-18(23)28-17)6-14(11)12-3-2-4-26(10-12)20(27)25-19-15(21)8-24-9-16(19)22/h2-9H,10H2,1H3,(H,24,25,27). The van der Waals surface area contributed by atoms with Crippen LogP contribution in [0.4, 0.5) is 23.7 Å². The highest BCUT2D eigenvalue weighted by Gasteiger charge is 2.21. The van der Waals surface area contributed by atoms with Crippen LogP contribution in [0.3, 0.4) is 0 Å². The molecule has 0 bridgehead atoms. The molecule has 0 fully saturated rings. The minimum atomic E-state index is -0.964. The summed E-state index contributed by atoms with van der Waals surface area (Å²) in [4.78, 5) is 17.1. The number of allylic oxidation sites excluding steroid dienone is 2. The summed E-state index contributed by atoms with van der Waals surface area (Å²) in [6, 6.07) is 3.42. The van der Waals surface area contributed by atoms with E-state index < -0.39 is 29.4 Å².